The number of carbonyl (C=O) groups is 3. The second-order valence-electron chi connectivity index (χ2n) is 17.6. The molecular formula is C46H58N8O5. The van der Waals surface area contributed by atoms with Gasteiger partial charge in [0, 0.05) is 49.7 Å². The quantitative estimate of drug-likeness (QED) is 0.127. The molecule has 3 aliphatic heterocycles. The number of hydrogen-bond donors (Lipinski definition) is 4. The molecule has 59 heavy (non-hydrogen) atoms. The normalized spacial score (nSPS) is 26.8. The molecule has 4 atom stereocenters. The first-order valence-electron chi connectivity index (χ1n) is 21.8. The second-order valence-corrected chi connectivity index (χ2v) is 17.6. The van der Waals surface area contributed by atoms with E-state index in [4.69, 9.17) is 19.4 Å². The van der Waals surface area contributed by atoms with Crippen LogP contribution in [0.15, 0.2) is 67.0 Å². The number of benzene rings is 2. The Labute approximate surface area is 346 Å². The van der Waals surface area contributed by atoms with Crippen LogP contribution in [0.3, 0.4) is 0 Å². The van der Waals surface area contributed by atoms with Crippen LogP contribution in [-0.2, 0) is 29.9 Å². The SMILES string of the molecule is COC(=O)NC(C)C(=O)N1CCC[C@H]1c1ncc(C23CCC(c4ccc(-c5cnc([C@@H]6CCCN6C(=O)[C@H](NC6CCOCC6)c6ccccc6)[nH]5)cc4)(CC2)CC3)[nH]1. The molecule has 2 aromatic heterocycles. The first-order valence-corrected chi connectivity index (χ1v) is 21.8. The number of rotatable bonds is 11. The summed E-state index contributed by atoms with van der Waals surface area (Å²) in [5.74, 6) is 1.68. The van der Waals surface area contributed by atoms with Crippen LogP contribution in [0.25, 0.3) is 11.3 Å². The molecule has 10 rings (SSSR count). The van der Waals surface area contributed by atoms with Crippen LogP contribution in [0.5, 0.6) is 0 Å². The van der Waals surface area contributed by atoms with E-state index in [1.165, 1.54) is 18.4 Å². The van der Waals surface area contributed by atoms with Gasteiger partial charge in [0.15, 0.2) is 0 Å². The number of imidazole rings is 2. The zero-order valence-electron chi connectivity index (χ0n) is 34.4. The van der Waals surface area contributed by atoms with Crippen molar-refractivity contribution in [2.24, 2.45) is 0 Å². The van der Waals surface area contributed by atoms with E-state index >= 15 is 0 Å². The van der Waals surface area contributed by atoms with E-state index in [1.807, 2.05) is 52.5 Å². The number of hydrogen-bond acceptors (Lipinski definition) is 8. The standard InChI is InChI=1S/C46H58N8O5/c1-30(49-44(57)58-2)42(55)53-24-6-11-37(53)41-48-29-38(52-41)46-21-18-45(19-22-46,20-23-46)33-14-12-31(13-15-33)35-28-47-40(51-35)36-10-7-25-54(36)43(56)39(32-8-4-3-5-9-32)50-34-16-26-59-27-17-34/h3-5,8-9,12-15,28-30,34,36-37,39,50H,6-7,10-11,16-27H2,1-2H3,(H,47,51)(H,48,52)(H,49,57)/t30?,36-,37-,39+,45?,46?/m0/s1. The molecule has 312 valence electrons. The van der Waals surface area contributed by atoms with Gasteiger partial charge in [0.1, 0.15) is 23.7 Å². The summed E-state index contributed by atoms with van der Waals surface area (Å²) in [4.78, 5) is 60.3. The van der Waals surface area contributed by atoms with Gasteiger partial charge in [-0.25, -0.2) is 14.8 Å². The van der Waals surface area contributed by atoms with Crippen molar-refractivity contribution in [3.05, 3.63) is 95.5 Å². The average molecular weight is 803 g/mol. The zero-order chi connectivity index (χ0) is 40.6. The summed E-state index contributed by atoms with van der Waals surface area (Å²) < 4.78 is 10.3. The molecule has 0 radical (unpaired) electrons. The molecule has 6 aliphatic rings. The first-order chi connectivity index (χ1) is 28.8. The molecule has 1 unspecified atom stereocenters. The number of nitrogens with one attached hydrogen (secondary N) is 4. The molecule has 13 nitrogen and oxygen atoms in total. The van der Waals surface area contributed by atoms with Crippen molar-refractivity contribution in [1.82, 2.24) is 40.4 Å². The minimum Gasteiger partial charge on any atom is -0.453 e. The number of aromatic amines is 2. The third-order valence-corrected chi connectivity index (χ3v) is 14.4. The number of nitrogens with zero attached hydrogens (tertiary/aromatic N) is 4. The third kappa shape index (κ3) is 7.67. The van der Waals surface area contributed by atoms with Crippen LogP contribution < -0.4 is 10.6 Å². The summed E-state index contributed by atoms with van der Waals surface area (Å²) in [5.41, 5.74) is 5.91. The lowest BCUT2D eigenvalue weighted by Crippen LogP contribution is -2.47. The second kappa shape index (κ2) is 16.6. The maximum atomic E-state index is 14.3. The number of likely N-dealkylation sites (tertiary alicyclic amines) is 2. The topological polar surface area (TPSA) is 158 Å². The fraction of sp³-hybridized carbons (Fsp3) is 0.543. The number of alkyl carbamates (subject to hydrolysis) is 1. The Balaban J connectivity index is 0.844. The largest absolute Gasteiger partial charge is 0.453 e. The van der Waals surface area contributed by atoms with E-state index in [0.717, 1.165) is 125 Å². The van der Waals surface area contributed by atoms with Crippen LogP contribution in [0.1, 0.15) is 131 Å². The van der Waals surface area contributed by atoms with Crippen LogP contribution in [0.2, 0.25) is 0 Å². The fourth-order valence-corrected chi connectivity index (χ4v) is 10.9. The number of H-pyrrole nitrogens is 2. The van der Waals surface area contributed by atoms with Gasteiger partial charge in [-0.2, -0.15) is 0 Å². The van der Waals surface area contributed by atoms with Gasteiger partial charge in [-0.05, 0) is 106 Å². The summed E-state index contributed by atoms with van der Waals surface area (Å²) in [5, 5.41) is 6.31. The Kier molecular flexibility index (Phi) is 11.1. The van der Waals surface area contributed by atoms with Crippen LogP contribution >= 0.6 is 0 Å². The van der Waals surface area contributed by atoms with Crippen molar-refractivity contribution in [1.29, 1.82) is 0 Å². The smallest absolute Gasteiger partial charge is 0.407 e. The summed E-state index contributed by atoms with van der Waals surface area (Å²) >= 11 is 0. The molecule has 3 saturated carbocycles. The van der Waals surface area contributed by atoms with Crippen LogP contribution in [-0.4, -0.2) is 93.1 Å². The van der Waals surface area contributed by atoms with Gasteiger partial charge in [0.25, 0.3) is 0 Å². The van der Waals surface area contributed by atoms with Crippen molar-refractivity contribution in [3.8, 4) is 11.3 Å². The van der Waals surface area contributed by atoms with E-state index in [1.54, 1.807) is 6.92 Å². The summed E-state index contributed by atoms with van der Waals surface area (Å²) in [6.45, 7) is 4.50. The predicted octanol–water partition coefficient (Wildman–Crippen LogP) is 6.92. The monoisotopic (exact) mass is 802 g/mol. The molecule has 3 saturated heterocycles. The maximum absolute atomic E-state index is 14.3. The minimum atomic E-state index is -0.671. The lowest BCUT2D eigenvalue weighted by atomic mass is 9.51. The molecule has 4 aromatic rings. The molecule has 2 bridgehead atoms. The Morgan fingerprint density at radius 2 is 1.39 bits per heavy atom. The highest BCUT2D eigenvalue weighted by Crippen LogP contribution is 2.58. The van der Waals surface area contributed by atoms with Crippen molar-refractivity contribution in [2.45, 2.75) is 125 Å². The van der Waals surface area contributed by atoms with E-state index in [9.17, 15) is 14.4 Å². The molecule has 2 aromatic carbocycles. The Morgan fingerprint density at radius 1 is 0.780 bits per heavy atom. The summed E-state index contributed by atoms with van der Waals surface area (Å²) in [6.07, 6.45) is 15.4. The third-order valence-electron chi connectivity index (χ3n) is 14.4. The van der Waals surface area contributed by atoms with Gasteiger partial charge in [-0.3, -0.25) is 14.9 Å². The van der Waals surface area contributed by atoms with Gasteiger partial charge >= 0.3 is 6.09 Å². The van der Waals surface area contributed by atoms with Crippen molar-refractivity contribution in [3.63, 3.8) is 0 Å². The number of amides is 3. The van der Waals surface area contributed by atoms with E-state index in [-0.39, 0.29) is 40.8 Å². The number of carbonyl (C=O) groups excluding carboxylic acids is 3. The number of methoxy groups -OCH3 is 1. The van der Waals surface area contributed by atoms with Crippen molar-refractivity contribution < 1.29 is 23.9 Å². The van der Waals surface area contributed by atoms with Crippen molar-refractivity contribution >= 4 is 17.9 Å². The van der Waals surface area contributed by atoms with Crippen LogP contribution in [0.4, 0.5) is 4.79 Å². The summed E-state index contributed by atoms with van der Waals surface area (Å²) in [7, 11) is 1.30. The van der Waals surface area contributed by atoms with Gasteiger partial charge in [0.2, 0.25) is 11.8 Å². The van der Waals surface area contributed by atoms with Crippen molar-refractivity contribution in [2.75, 3.05) is 33.4 Å². The van der Waals surface area contributed by atoms with Crippen LogP contribution in [0, 0.1) is 0 Å². The van der Waals surface area contributed by atoms with E-state index in [0.29, 0.717) is 6.54 Å². The number of aromatic nitrogens is 4. The molecule has 5 heterocycles. The molecule has 6 fully saturated rings. The molecular weight excluding hydrogens is 745 g/mol. The Hall–Kier alpha value is -5.01. The maximum Gasteiger partial charge on any atom is 0.407 e. The average Bonchev–Trinajstić information content (AvgIpc) is 4.14. The van der Waals surface area contributed by atoms with Gasteiger partial charge in [0.05, 0.1) is 31.1 Å². The molecule has 4 N–H and O–H groups in total. The lowest BCUT2D eigenvalue weighted by molar-refractivity contribution is -0.135. The molecule has 13 heteroatoms. The molecule has 3 aliphatic carbocycles. The van der Waals surface area contributed by atoms with Gasteiger partial charge < -0.3 is 34.6 Å². The first kappa shape index (κ1) is 39.5. The van der Waals surface area contributed by atoms with Gasteiger partial charge in [-0.1, -0.05) is 54.6 Å². The highest BCUT2D eigenvalue weighted by molar-refractivity contribution is 5.86. The van der Waals surface area contributed by atoms with Gasteiger partial charge in [-0.15, -0.1) is 0 Å². The summed E-state index contributed by atoms with van der Waals surface area (Å²) in [6, 6.07) is 18.2. The van der Waals surface area contributed by atoms with E-state index in [2.05, 4.69) is 44.9 Å². The Morgan fingerprint density at radius 3 is 2.05 bits per heavy atom. The molecule has 3 amide bonds. The lowest BCUT2D eigenvalue weighted by Gasteiger charge is -2.53. The molecule has 0 spiro atoms. The highest BCUT2D eigenvalue weighted by atomic mass is 16.5. The zero-order valence-corrected chi connectivity index (χ0v) is 34.4. The highest BCUT2D eigenvalue weighted by Gasteiger charge is 2.51. The number of ether oxygens (including phenoxy) is 2. The minimum absolute atomic E-state index is 0.0734. The predicted molar refractivity (Wildman–Crippen MR) is 222 cm³/mol. The Bertz CT molecular complexity index is 2090. The van der Waals surface area contributed by atoms with E-state index < -0.39 is 18.2 Å². The number of fused-ring (bicyclic) bond motifs is 3. The fourth-order valence-electron chi connectivity index (χ4n) is 10.9.